The Bertz CT molecular complexity index is 878. The van der Waals surface area contributed by atoms with Crippen LogP contribution in [0.4, 0.5) is 0 Å². The van der Waals surface area contributed by atoms with Crippen LogP contribution in [-0.4, -0.2) is 23.7 Å². The zero-order valence-corrected chi connectivity index (χ0v) is 15.3. The Morgan fingerprint density at radius 3 is 2.64 bits per heavy atom. The summed E-state index contributed by atoms with van der Waals surface area (Å²) in [6.45, 7) is 3.73. The van der Waals surface area contributed by atoms with Crippen LogP contribution >= 0.6 is 22.9 Å². The Morgan fingerprint density at radius 1 is 1.20 bits per heavy atom. The van der Waals surface area contributed by atoms with Gasteiger partial charge in [-0.05, 0) is 56.3 Å². The van der Waals surface area contributed by atoms with Crippen molar-refractivity contribution in [2.45, 2.75) is 20.0 Å². The Balaban J connectivity index is 1.66. The standard InChI is InChI=1S/C18H16ClNO4S/c1-3-22-17(21)11(2)23-13-5-7-14(8-6-13)24-18-20-15-9-4-12(19)10-16(15)25-18/h4-11H,3H2,1-2H3/t11-/m1/s1. The van der Waals surface area contributed by atoms with Gasteiger partial charge in [0, 0.05) is 5.02 Å². The predicted octanol–water partition coefficient (Wildman–Crippen LogP) is 5.07. The van der Waals surface area contributed by atoms with Crippen LogP contribution in [-0.2, 0) is 9.53 Å². The van der Waals surface area contributed by atoms with Gasteiger partial charge in [0.05, 0.1) is 16.8 Å². The van der Waals surface area contributed by atoms with Gasteiger partial charge in [-0.25, -0.2) is 9.78 Å². The number of carbonyl (C=O) groups is 1. The third-order valence-electron chi connectivity index (χ3n) is 3.29. The van der Waals surface area contributed by atoms with Gasteiger partial charge in [-0.3, -0.25) is 0 Å². The summed E-state index contributed by atoms with van der Waals surface area (Å²) in [5, 5.41) is 1.20. The molecule has 0 bridgehead atoms. The number of nitrogens with zero attached hydrogens (tertiary/aromatic N) is 1. The number of ether oxygens (including phenoxy) is 3. The molecule has 0 amide bonds. The maximum Gasteiger partial charge on any atom is 0.347 e. The molecule has 0 saturated heterocycles. The van der Waals surface area contributed by atoms with Crippen LogP contribution in [0, 0.1) is 0 Å². The summed E-state index contributed by atoms with van der Waals surface area (Å²) in [5.74, 6) is 0.793. The fraction of sp³-hybridized carbons (Fsp3) is 0.222. The van der Waals surface area contributed by atoms with E-state index in [0.717, 1.165) is 10.2 Å². The van der Waals surface area contributed by atoms with E-state index in [1.54, 1.807) is 44.2 Å². The molecule has 5 nitrogen and oxygen atoms in total. The first-order chi connectivity index (χ1) is 12.0. The molecule has 0 aliphatic carbocycles. The van der Waals surface area contributed by atoms with Gasteiger partial charge in [0.15, 0.2) is 6.10 Å². The average Bonchev–Trinajstić information content (AvgIpc) is 2.98. The van der Waals surface area contributed by atoms with E-state index in [2.05, 4.69) is 4.98 Å². The number of hydrogen-bond acceptors (Lipinski definition) is 6. The van der Waals surface area contributed by atoms with Gasteiger partial charge in [-0.15, -0.1) is 0 Å². The van der Waals surface area contributed by atoms with Crippen LogP contribution in [0.5, 0.6) is 16.7 Å². The Labute approximate surface area is 154 Å². The number of aromatic nitrogens is 1. The topological polar surface area (TPSA) is 57.7 Å². The molecular weight excluding hydrogens is 362 g/mol. The van der Waals surface area contributed by atoms with Crippen molar-refractivity contribution in [1.29, 1.82) is 0 Å². The molecule has 0 aliphatic heterocycles. The van der Waals surface area contributed by atoms with Gasteiger partial charge in [0.25, 0.3) is 5.19 Å². The second-order valence-corrected chi connectivity index (χ2v) is 6.61. The zero-order chi connectivity index (χ0) is 17.8. The first-order valence-electron chi connectivity index (χ1n) is 7.72. The van der Waals surface area contributed by atoms with Gasteiger partial charge in [0.2, 0.25) is 0 Å². The Hall–Kier alpha value is -2.31. The average molecular weight is 378 g/mol. The number of halogens is 1. The molecule has 0 aliphatic rings. The quantitative estimate of drug-likeness (QED) is 0.561. The molecule has 3 rings (SSSR count). The van der Waals surface area contributed by atoms with Crippen LogP contribution in [0.1, 0.15) is 13.8 Å². The molecule has 0 unspecified atom stereocenters. The minimum Gasteiger partial charge on any atom is -0.479 e. The van der Waals surface area contributed by atoms with Gasteiger partial charge in [-0.1, -0.05) is 22.9 Å². The largest absolute Gasteiger partial charge is 0.479 e. The molecule has 0 saturated carbocycles. The van der Waals surface area contributed by atoms with Crippen molar-refractivity contribution in [3.63, 3.8) is 0 Å². The van der Waals surface area contributed by atoms with E-state index in [1.807, 2.05) is 12.1 Å². The minimum atomic E-state index is -0.666. The Kier molecular flexibility index (Phi) is 5.40. The summed E-state index contributed by atoms with van der Waals surface area (Å²) in [6.07, 6.45) is -0.666. The van der Waals surface area contributed by atoms with E-state index in [4.69, 9.17) is 25.8 Å². The zero-order valence-electron chi connectivity index (χ0n) is 13.7. The molecule has 1 atom stereocenters. The molecule has 7 heteroatoms. The van der Waals surface area contributed by atoms with Crippen LogP contribution in [0.15, 0.2) is 42.5 Å². The lowest BCUT2D eigenvalue weighted by Gasteiger charge is -2.13. The fourth-order valence-corrected chi connectivity index (χ4v) is 3.23. The number of rotatable bonds is 6. The molecule has 0 radical (unpaired) electrons. The molecular formula is C18H16ClNO4S. The summed E-state index contributed by atoms with van der Waals surface area (Å²) in [6, 6.07) is 12.5. The molecule has 1 aromatic heterocycles. The smallest absolute Gasteiger partial charge is 0.347 e. The summed E-state index contributed by atoms with van der Waals surface area (Å²) in [7, 11) is 0. The highest BCUT2D eigenvalue weighted by atomic mass is 35.5. The van der Waals surface area contributed by atoms with E-state index in [0.29, 0.717) is 28.3 Å². The summed E-state index contributed by atoms with van der Waals surface area (Å²) < 4.78 is 17.2. The van der Waals surface area contributed by atoms with Gasteiger partial charge in [-0.2, -0.15) is 0 Å². The van der Waals surface area contributed by atoms with Crippen molar-refractivity contribution in [1.82, 2.24) is 4.98 Å². The number of hydrogen-bond donors (Lipinski definition) is 0. The van der Waals surface area contributed by atoms with E-state index >= 15 is 0 Å². The number of carbonyl (C=O) groups excluding carboxylic acids is 1. The van der Waals surface area contributed by atoms with Crippen LogP contribution in [0.3, 0.4) is 0 Å². The Morgan fingerprint density at radius 2 is 1.92 bits per heavy atom. The summed E-state index contributed by atoms with van der Waals surface area (Å²) in [4.78, 5) is 16.0. The van der Waals surface area contributed by atoms with E-state index in [9.17, 15) is 4.79 Å². The molecule has 2 aromatic carbocycles. The van der Waals surface area contributed by atoms with Crippen molar-refractivity contribution < 1.29 is 19.0 Å². The van der Waals surface area contributed by atoms with Crippen LogP contribution in [0.2, 0.25) is 5.02 Å². The monoisotopic (exact) mass is 377 g/mol. The minimum absolute atomic E-state index is 0.326. The van der Waals surface area contributed by atoms with Gasteiger partial charge >= 0.3 is 5.97 Å². The number of fused-ring (bicyclic) bond motifs is 1. The third kappa shape index (κ3) is 4.41. The van der Waals surface area contributed by atoms with Crippen LogP contribution in [0.25, 0.3) is 10.2 Å². The molecule has 3 aromatic rings. The highest BCUT2D eigenvalue weighted by Crippen LogP contribution is 2.33. The summed E-state index contributed by atoms with van der Waals surface area (Å²) >= 11 is 7.40. The van der Waals surface area contributed by atoms with Crippen molar-refractivity contribution >= 4 is 39.1 Å². The van der Waals surface area contributed by atoms with Gasteiger partial charge < -0.3 is 14.2 Å². The molecule has 130 valence electrons. The van der Waals surface area contributed by atoms with Crippen molar-refractivity contribution in [3.8, 4) is 16.7 Å². The lowest BCUT2D eigenvalue weighted by Crippen LogP contribution is -2.25. The predicted molar refractivity (Wildman–Crippen MR) is 97.9 cm³/mol. The fourth-order valence-electron chi connectivity index (χ4n) is 2.12. The van der Waals surface area contributed by atoms with Gasteiger partial charge in [0.1, 0.15) is 11.5 Å². The van der Waals surface area contributed by atoms with Crippen LogP contribution < -0.4 is 9.47 Å². The SMILES string of the molecule is CCOC(=O)[C@@H](C)Oc1ccc(Oc2nc3ccc(Cl)cc3s2)cc1. The maximum atomic E-state index is 11.6. The number of esters is 1. The van der Waals surface area contributed by atoms with Crippen molar-refractivity contribution in [2.75, 3.05) is 6.61 Å². The first kappa shape index (κ1) is 17.5. The molecule has 25 heavy (non-hydrogen) atoms. The van der Waals surface area contributed by atoms with E-state index < -0.39 is 12.1 Å². The van der Waals surface area contributed by atoms with Crippen molar-refractivity contribution in [3.05, 3.63) is 47.5 Å². The third-order valence-corrected chi connectivity index (χ3v) is 4.42. The summed E-state index contributed by atoms with van der Waals surface area (Å²) in [5.41, 5.74) is 0.840. The maximum absolute atomic E-state index is 11.6. The lowest BCUT2D eigenvalue weighted by molar-refractivity contribution is -0.150. The molecule has 1 heterocycles. The highest BCUT2D eigenvalue weighted by molar-refractivity contribution is 7.20. The molecule has 0 fully saturated rings. The highest BCUT2D eigenvalue weighted by Gasteiger charge is 2.15. The van der Waals surface area contributed by atoms with E-state index in [1.165, 1.54) is 11.3 Å². The first-order valence-corrected chi connectivity index (χ1v) is 8.92. The molecule has 0 N–H and O–H groups in total. The second-order valence-electron chi connectivity index (χ2n) is 5.18. The molecule has 0 spiro atoms. The number of benzene rings is 2. The second kappa shape index (κ2) is 7.72. The number of thiazole rings is 1. The normalized spacial score (nSPS) is 12.0. The lowest BCUT2D eigenvalue weighted by atomic mass is 10.3. The van der Waals surface area contributed by atoms with Crippen molar-refractivity contribution in [2.24, 2.45) is 0 Å². The van der Waals surface area contributed by atoms with E-state index in [-0.39, 0.29) is 0 Å².